The first-order chi connectivity index (χ1) is 7.27. The Morgan fingerprint density at radius 3 is 2.80 bits per heavy atom. The average molecular weight is 224 g/mol. The van der Waals surface area contributed by atoms with Crippen LogP contribution >= 0.6 is 11.6 Å². The standard InChI is InChI=1S/C11H14ClN3/c12-10-13-6-2-9(14-10)15-7-5-11(8-15)3-1-4-11/h2,6H,1,3-5,7-8H2. The average Bonchev–Trinajstić information content (AvgIpc) is 2.62. The van der Waals surface area contributed by atoms with Crippen molar-refractivity contribution >= 4 is 17.4 Å². The van der Waals surface area contributed by atoms with E-state index in [-0.39, 0.29) is 0 Å². The van der Waals surface area contributed by atoms with Gasteiger partial charge in [0.05, 0.1) is 0 Å². The molecule has 80 valence electrons. The van der Waals surface area contributed by atoms with Crippen LogP contribution in [0.2, 0.25) is 5.28 Å². The minimum atomic E-state index is 0.349. The Morgan fingerprint density at radius 1 is 1.33 bits per heavy atom. The first-order valence-electron chi connectivity index (χ1n) is 5.51. The molecule has 4 heteroatoms. The molecule has 2 aliphatic rings. The molecule has 0 unspecified atom stereocenters. The van der Waals surface area contributed by atoms with Gasteiger partial charge in [-0.3, -0.25) is 0 Å². The number of rotatable bonds is 1. The summed E-state index contributed by atoms with van der Waals surface area (Å²) in [5, 5.41) is 0.349. The highest BCUT2D eigenvalue weighted by atomic mass is 35.5. The number of halogens is 1. The number of nitrogens with zero attached hydrogens (tertiary/aromatic N) is 3. The van der Waals surface area contributed by atoms with Gasteiger partial charge >= 0.3 is 0 Å². The van der Waals surface area contributed by atoms with Gasteiger partial charge in [0, 0.05) is 19.3 Å². The summed E-state index contributed by atoms with van der Waals surface area (Å²) >= 11 is 5.79. The van der Waals surface area contributed by atoms with E-state index >= 15 is 0 Å². The normalized spacial score (nSPS) is 23.1. The van der Waals surface area contributed by atoms with Crippen LogP contribution in [0.4, 0.5) is 5.82 Å². The molecule has 3 nitrogen and oxygen atoms in total. The predicted molar refractivity (Wildman–Crippen MR) is 60.2 cm³/mol. The van der Waals surface area contributed by atoms with Gasteiger partial charge in [0.25, 0.3) is 0 Å². The zero-order valence-corrected chi connectivity index (χ0v) is 9.37. The second-order valence-electron chi connectivity index (χ2n) is 4.71. The summed E-state index contributed by atoms with van der Waals surface area (Å²) in [6, 6.07) is 1.95. The van der Waals surface area contributed by atoms with E-state index in [1.807, 2.05) is 6.07 Å². The second kappa shape index (κ2) is 3.34. The molecule has 1 saturated heterocycles. The van der Waals surface area contributed by atoms with Crippen LogP contribution in [-0.2, 0) is 0 Å². The van der Waals surface area contributed by atoms with Crippen molar-refractivity contribution in [2.45, 2.75) is 25.7 Å². The van der Waals surface area contributed by atoms with Gasteiger partial charge in [0.15, 0.2) is 0 Å². The highest BCUT2D eigenvalue weighted by molar-refractivity contribution is 6.28. The summed E-state index contributed by atoms with van der Waals surface area (Å²) in [4.78, 5) is 10.5. The molecule has 15 heavy (non-hydrogen) atoms. The smallest absolute Gasteiger partial charge is 0.224 e. The summed E-state index contributed by atoms with van der Waals surface area (Å²) in [5.41, 5.74) is 0.609. The summed E-state index contributed by atoms with van der Waals surface area (Å²) < 4.78 is 0. The molecule has 0 radical (unpaired) electrons. The molecule has 1 aliphatic heterocycles. The van der Waals surface area contributed by atoms with Crippen molar-refractivity contribution < 1.29 is 0 Å². The van der Waals surface area contributed by atoms with E-state index in [4.69, 9.17) is 11.6 Å². The minimum Gasteiger partial charge on any atom is -0.356 e. The molecule has 0 amide bonds. The van der Waals surface area contributed by atoms with E-state index in [1.54, 1.807) is 6.20 Å². The summed E-state index contributed by atoms with van der Waals surface area (Å²) in [5.74, 6) is 0.985. The van der Waals surface area contributed by atoms with Gasteiger partial charge in [-0.1, -0.05) is 6.42 Å². The Morgan fingerprint density at radius 2 is 2.20 bits per heavy atom. The molecule has 2 fully saturated rings. The third-order valence-electron chi connectivity index (χ3n) is 3.79. The maximum Gasteiger partial charge on any atom is 0.224 e. The Labute approximate surface area is 94.5 Å². The third-order valence-corrected chi connectivity index (χ3v) is 3.97. The lowest BCUT2D eigenvalue weighted by Gasteiger charge is -2.38. The molecule has 2 heterocycles. The first-order valence-corrected chi connectivity index (χ1v) is 5.89. The van der Waals surface area contributed by atoms with E-state index in [1.165, 1.54) is 25.7 Å². The van der Waals surface area contributed by atoms with Gasteiger partial charge in [-0.25, -0.2) is 9.97 Å². The highest BCUT2D eigenvalue weighted by Crippen LogP contribution is 2.48. The molecule has 0 atom stereocenters. The predicted octanol–water partition coefficient (Wildman–Crippen LogP) is 2.51. The lowest BCUT2D eigenvalue weighted by atomic mass is 9.68. The van der Waals surface area contributed by atoms with Crippen molar-refractivity contribution in [3.8, 4) is 0 Å². The maximum absolute atomic E-state index is 5.79. The van der Waals surface area contributed by atoms with E-state index in [2.05, 4.69) is 14.9 Å². The van der Waals surface area contributed by atoms with Crippen LogP contribution in [0.3, 0.4) is 0 Å². The minimum absolute atomic E-state index is 0.349. The maximum atomic E-state index is 5.79. The quantitative estimate of drug-likeness (QED) is 0.685. The van der Waals surface area contributed by atoms with Crippen molar-refractivity contribution in [3.05, 3.63) is 17.5 Å². The van der Waals surface area contributed by atoms with Crippen LogP contribution in [-0.4, -0.2) is 23.1 Å². The van der Waals surface area contributed by atoms with Crippen LogP contribution in [0.25, 0.3) is 0 Å². The lowest BCUT2D eigenvalue weighted by Crippen LogP contribution is -2.33. The summed E-state index contributed by atoms with van der Waals surface area (Å²) in [6.45, 7) is 2.27. The van der Waals surface area contributed by atoms with Gasteiger partial charge in [0.1, 0.15) is 5.82 Å². The summed E-state index contributed by atoms with van der Waals surface area (Å²) in [6.07, 6.45) is 7.23. The molecule has 3 rings (SSSR count). The number of anilines is 1. The van der Waals surface area contributed by atoms with Crippen molar-refractivity contribution in [3.63, 3.8) is 0 Å². The topological polar surface area (TPSA) is 29.0 Å². The summed E-state index contributed by atoms with van der Waals surface area (Å²) in [7, 11) is 0. The van der Waals surface area contributed by atoms with Gasteiger partial charge in [-0.05, 0) is 42.3 Å². The fraction of sp³-hybridized carbons (Fsp3) is 0.636. The molecule has 1 spiro atoms. The Bertz CT molecular complexity index is 376. The van der Waals surface area contributed by atoms with E-state index in [0.717, 1.165) is 18.9 Å². The molecule has 1 saturated carbocycles. The first kappa shape index (κ1) is 9.40. The van der Waals surface area contributed by atoms with E-state index in [0.29, 0.717) is 10.7 Å². The van der Waals surface area contributed by atoms with Crippen molar-refractivity contribution in [1.82, 2.24) is 9.97 Å². The molecular weight excluding hydrogens is 210 g/mol. The SMILES string of the molecule is Clc1nccc(N2CCC3(CCC3)C2)n1. The molecule has 0 bridgehead atoms. The molecule has 1 aliphatic carbocycles. The van der Waals surface area contributed by atoms with E-state index in [9.17, 15) is 0 Å². The second-order valence-corrected chi connectivity index (χ2v) is 5.05. The van der Waals surface area contributed by atoms with Crippen molar-refractivity contribution in [2.75, 3.05) is 18.0 Å². The zero-order chi connectivity index (χ0) is 10.3. The zero-order valence-electron chi connectivity index (χ0n) is 8.62. The third kappa shape index (κ3) is 1.59. The Hall–Kier alpha value is -0.830. The number of hydrogen-bond donors (Lipinski definition) is 0. The molecule has 1 aromatic rings. The molecule has 0 aromatic carbocycles. The van der Waals surface area contributed by atoms with Crippen molar-refractivity contribution in [1.29, 1.82) is 0 Å². The molecule has 0 N–H and O–H groups in total. The number of hydrogen-bond acceptors (Lipinski definition) is 3. The largest absolute Gasteiger partial charge is 0.356 e. The Kier molecular flexibility index (Phi) is 2.09. The van der Waals surface area contributed by atoms with Gasteiger partial charge in [-0.2, -0.15) is 0 Å². The molecular formula is C11H14ClN3. The van der Waals surface area contributed by atoms with Crippen LogP contribution in [0.5, 0.6) is 0 Å². The van der Waals surface area contributed by atoms with Crippen LogP contribution in [0.1, 0.15) is 25.7 Å². The van der Waals surface area contributed by atoms with Crippen LogP contribution in [0, 0.1) is 5.41 Å². The lowest BCUT2D eigenvalue weighted by molar-refractivity contribution is 0.165. The van der Waals surface area contributed by atoms with Gasteiger partial charge in [0.2, 0.25) is 5.28 Å². The van der Waals surface area contributed by atoms with Crippen LogP contribution in [0.15, 0.2) is 12.3 Å². The van der Waals surface area contributed by atoms with Gasteiger partial charge < -0.3 is 4.90 Å². The van der Waals surface area contributed by atoms with Crippen LogP contribution < -0.4 is 4.90 Å². The monoisotopic (exact) mass is 223 g/mol. The number of aromatic nitrogens is 2. The fourth-order valence-corrected chi connectivity index (χ4v) is 2.86. The van der Waals surface area contributed by atoms with Gasteiger partial charge in [-0.15, -0.1) is 0 Å². The Balaban J connectivity index is 1.79. The molecule has 1 aromatic heterocycles. The van der Waals surface area contributed by atoms with Crippen molar-refractivity contribution in [2.24, 2.45) is 5.41 Å². The van der Waals surface area contributed by atoms with E-state index < -0.39 is 0 Å². The fourth-order valence-electron chi connectivity index (χ4n) is 2.72. The highest BCUT2D eigenvalue weighted by Gasteiger charge is 2.43.